The zero-order valence-corrected chi connectivity index (χ0v) is 37.6. The van der Waals surface area contributed by atoms with Crippen molar-refractivity contribution in [1.82, 2.24) is 25.2 Å². The first-order chi connectivity index (χ1) is 31.0. The Kier molecular flexibility index (Phi) is 12.2. The summed E-state index contributed by atoms with van der Waals surface area (Å²) in [4.78, 5) is 63.5. The number of sulfonamides is 1. The standard InChI is InChI=1S/C50H53N5O9S/c1-6-34-30-50(34,46(58)54-65(60,61)49(24-25-49)29-32-16-10-7-11-17-32)53-44(56)41-27-37(31-55(41)45(57)43(48(2,3)4)52-47(59)64-35-20-14-9-15-21-35)63-42-28-39(33-18-12-8-13-19-33)51-40-26-36(62-5)22-23-38(40)42/h6-23,26,28,34,37,41,43H,1,24-25,27,29-31H2,2-5H3,(H,52,59)(H,53,56)(H,54,58)/t34?,37-,41+,43-,50+/m1/s1. The Morgan fingerprint density at radius 3 is 2.18 bits per heavy atom. The maximum atomic E-state index is 14.9. The van der Waals surface area contributed by atoms with Crippen molar-refractivity contribution >= 4 is 44.7 Å². The third-order valence-corrected chi connectivity index (χ3v) is 14.7. The molecule has 1 unspecified atom stereocenters. The summed E-state index contributed by atoms with van der Waals surface area (Å²) in [5.74, 6) is -1.42. The van der Waals surface area contributed by atoms with E-state index in [4.69, 9.17) is 19.2 Å². The average Bonchev–Trinajstić information content (AvgIpc) is 4.20. The predicted molar refractivity (Wildman–Crippen MR) is 245 cm³/mol. The Bertz CT molecular complexity index is 2730. The van der Waals surface area contributed by atoms with Gasteiger partial charge in [-0.2, -0.15) is 0 Å². The van der Waals surface area contributed by atoms with Crippen molar-refractivity contribution < 1.29 is 41.8 Å². The lowest BCUT2D eigenvalue weighted by molar-refractivity contribution is -0.142. The molecule has 2 aliphatic carbocycles. The van der Waals surface area contributed by atoms with Gasteiger partial charge < -0.3 is 29.7 Å². The Morgan fingerprint density at radius 2 is 1.57 bits per heavy atom. The minimum Gasteiger partial charge on any atom is -0.497 e. The molecule has 3 aliphatic rings. The lowest BCUT2D eigenvalue weighted by Gasteiger charge is -2.35. The highest BCUT2D eigenvalue weighted by molar-refractivity contribution is 7.91. The summed E-state index contributed by atoms with van der Waals surface area (Å²) in [7, 11) is -2.62. The highest BCUT2D eigenvalue weighted by Crippen LogP contribution is 2.49. The summed E-state index contributed by atoms with van der Waals surface area (Å²) in [6.07, 6.45) is 0.952. The molecule has 1 saturated heterocycles. The van der Waals surface area contributed by atoms with E-state index in [1.807, 2.05) is 72.8 Å². The van der Waals surface area contributed by atoms with Crippen LogP contribution in [0.2, 0.25) is 0 Å². The van der Waals surface area contributed by atoms with Gasteiger partial charge in [-0.3, -0.25) is 19.1 Å². The number of hydrogen-bond donors (Lipinski definition) is 3. The van der Waals surface area contributed by atoms with Crippen LogP contribution in [0.25, 0.3) is 22.2 Å². The summed E-state index contributed by atoms with van der Waals surface area (Å²) in [6.45, 7) is 9.12. The van der Waals surface area contributed by atoms with Crippen LogP contribution in [-0.2, 0) is 30.8 Å². The van der Waals surface area contributed by atoms with Crippen molar-refractivity contribution in [2.75, 3.05) is 13.7 Å². The molecule has 0 radical (unpaired) electrons. The Labute approximate surface area is 378 Å². The molecule has 338 valence electrons. The number of hydrogen-bond acceptors (Lipinski definition) is 10. The van der Waals surface area contributed by atoms with Gasteiger partial charge in [-0.05, 0) is 60.9 Å². The van der Waals surface area contributed by atoms with Crippen LogP contribution in [0.4, 0.5) is 4.79 Å². The van der Waals surface area contributed by atoms with Gasteiger partial charge in [0.25, 0.3) is 5.91 Å². The summed E-state index contributed by atoms with van der Waals surface area (Å²) < 4.78 is 46.8. The number of amides is 4. The number of carbonyl (C=O) groups is 4. The first kappa shape index (κ1) is 44.9. The van der Waals surface area contributed by atoms with Crippen molar-refractivity contribution in [1.29, 1.82) is 0 Å². The van der Waals surface area contributed by atoms with Gasteiger partial charge in [0, 0.05) is 35.4 Å². The fourth-order valence-electron chi connectivity index (χ4n) is 8.58. The van der Waals surface area contributed by atoms with Gasteiger partial charge in [-0.1, -0.05) is 106 Å². The Hall–Kier alpha value is -6.74. The molecule has 2 heterocycles. The smallest absolute Gasteiger partial charge is 0.413 e. The Balaban J connectivity index is 1.10. The molecule has 65 heavy (non-hydrogen) atoms. The third-order valence-electron chi connectivity index (χ3n) is 12.5. The molecule has 4 amide bonds. The second-order valence-electron chi connectivity index (χ2n) is 18.2. The summed E-state index contributed by atoms with van der Waals surface area (Å²) in [5, 5.41) is 6.28. The molecule has 0 spiro atoms. The highest BCUT2D eigenvalue weighted by Gasteiger charge is 2.63. The predicted octanol–water partition coefficient (Wildman–Crippen LogP) is 6.74. The molecule has 3 N–H and O–H groups in total. The van der Waals surface area contributed by atoms with Crippen molar-refractivity contribution in [2.45, 2.75) is 81.3 Å². The van der Waals surface area contributed by atoms with Crippen LogP contribution in [-0.4, -0.2) is 84.2 Å². The lowest BCUT2D eigenvalue weighted by Crippen LogP contribution is -2.60. The number of carbonyl (C=O) groups excluding carboxylic acids is 4. The number of rotatable bonds is 15. The third kappa shape index (κ3) is 9.42. The number of aromatic nitrogens is 1. The highest BCUT2D eigenvalue weighted by atomic mass is 32.2. The average molecular weight is 900 g/mol. The van der Waals surface area contributed by atoms with E-state index in [2.05, 4.69) is 21.9 Å². The number of para-hydroxylation sites is 1. The SMILES string of the molecule is C=CC1C[C@@]1(NC(=O)[C@@H]1C[C@@H](Oc2cc(-c3ccccc3)nc3cc(OC)ccc23)CN1C(=O)[C@@H](NC(=O)Oc1ccccc1)C(C)(C)C)C(=O)NS(=O)(=O)C1(Cc2ccccc2)CC1. The maximum absolute atomic E-state index is 14.9. The molecule has 5 atom stereocenters. The van der Waals surface area contributed by atoms with Crippen LogP contribution in [0, 0.1) is 11.3 Å². The van der Waals surface area contributed by atoms with Crippen molar-refractivity contribution in [3.8, 4) is 28.5 Å². The second kappa shape index (κ2) is 17.7. The summed E-state index contributed by atoms with van der Waals surface area (Å²) >= 11 is 0. The van der Waals surface area contributed by atoms with Gasteiger partial charge in [0.15, 0.2) is 0 Å². The van der Waals surface area contributed by atoms with E-state index in [1.54, 1.807) is 70.3 Å². The number of pyridine rings is 1. The van der Waals surface area contributed by atoms with Gasteiger partial charge in [0.05, 0.1) is 29.6 Å². The monoisotopic (exact) mass is 899 g/mol. The normalized spacial score (nSPS) is 21.4. The van der Waals surface area contributed by atoms with Crippen LogP contribution in [0.1, 0.15) is 52.0 Å². The van der Waals surface area contributed by atoms with Crippen LogP contribution < -0.4 is 29.6 Å². The number of nitrogens with zero attached hydrogens (tertiary/aromatic N) is 2. The number of methoxy groups -OCH3 is 1. The zero-order valence-electron chi connectivity index (χ0n) is 36.8. The van der Waals surface area contributed by atoms with Gasteiger partial charge >= 0.3 is 6.09 Å². The van der Waals surface area contributed by atoms with Crippen LogP contribution in [0.3, 0.4) is 0 Å². The zero-order chi connectivity index (χ0) is 46.1. The van der Waals surface area contributed by atoms with Crippen LogP contribution in [0.15, 0.2) is 128 Å². The largest absolute Gasteiger partial charge is 0.497 e. The van der Waals surface area contributed by atoms with Crippen molar-refractivity contribution in [3.63, 3.8) is 0 Å². The molecule has 1 aromatic heterocycles. The summed E-state index contributed by atoms with van der Waals surface area (Å²) in [6, 6.07) is 32.0. The molecular formula is C50H53N5O9S. The molecule has 0 bridgehead atoms. The molecule has 1 aliphatic heterocycles. The lowest BCUT2D eigenvalue weighted by atomic mass is 9.85. The van der Waals surface area contributed by atoms with E-state index in [0.29, 0.717) is 40.9 Å². The Morgan fingerprint density at radius 1 is 0.908 bits per heavy atom. The first-order valence-electron chi connectivity index (χ1n) is 21.6. The van der Waals surface area contributed by atoms with E-state index in [1.165, 1.54) is 11.0 Å². The second-order valence-corrected chi connectivity index (χ2v) is 20.2. The quantitative estimate of drug-likeness (QED) is 0.0952. The molecule has 14 nitrogen and oxygen atoms in total. The van der Waals surface area contributed by atoms with Gasteiger partial charge in [-0.25, -0.2) is 18.2 Å². The molecule has 3 fully saturated rings. The number of ether oxygens (including phenoxy) is 3. The fraction of sp³-hybridized carbons (Fsp3) is 0.340. The molecular weight excluding hydrogens is 847 g/mol. The molecule has 5 aromatic rings. The van der Waals surface area contributed by atoms with E-state index in [-0.39, 0.29) is 31.6 Å². The van der Waals surface area contributed by atoms with E-state index in [9.17, 15) is 27.6 Å². The maximum Gasteiger partial charge on any atom is 0.413 e. The van der Waals surface area contributed by atoms with E-state index >= 15 is 0 Å². The topological polar surface area (TPSA) is 182 Å². The molecule has 2 saturated carbocycles. The molecule has 15 heteroatoms. The number of nitrogens with one attached hydrogen (secondary N) is 3. The van der Waals surface area contributed by atoms with Gasteiger partial charge in [0.2, 0.25) is 21.8 Å². The molecule has 4 aromatic carbocycles. The van der Waals surface area contributed by atoms with E-state index < -0.39 is 73.6 Å². The minimum absolute atomic E-state index is 0.0154. The molecule has 8 rings (SSSR count). The van der Waals surface area contributed by atoms with Crippen LogP contribution >= 0.6 is 0 Å². The van der Waals surface area contributed by atoms with E-state index in [0.717, 1.165) is 11.1 Å². The van der Waals surface area contributed by atoms with Crippen molar-refractivity contribution in [2.24, 2.45) is 11.3 Å². The number of fused-ring (bicyclic) bond motifs is 1. The van der Waals surface area contributed by atoms with Gasteiger partial charge in [-0.15, -0.1) is 6.58 Å². The first-order valence-corrected chi connectivity index (χ1v) is 23.1. The summed E-state index contributed by atoms with van der Waals surface area (Å²) in [5.41, 5.74) is 0.364. The van der Waals surface area contributed by atoms with Crippen LogP contribution in [0.5, 0.6) is 17.2 Å². The number of likely N-dealkylation sites (tertiary alicyclic amines) is 1. The van der Waals surface area contributed by atoms with Gasteiger partial charge in [0.1, 0.15) is 41.0 Å². The number of benzene rings is 4. The van der Waals surface area contributed by atoms with Crippen molar-refractivity contribution in [3.05, 3.63) is 133 Å². The fourth-order valence-corrected chi connectivity index (χ4v) is 10.2. The minimum atomic E-state index is -4.19.